The first-order chi connectivity index (χ1) is 22.9. The van der Waals surface area contributed by atoms with Crippen LogP contribution in [0.1, 0.15) is 150 Å². The lowest BCUT2D eigenvalue weighted by Crippen LogP contribution is -2.70. The normalized spacial score (nSPS) is 45.4. The zero-order chi connectivity index (χ0) is 34.5. The van der Waals surface area contributed by atoms with Gasteiger partial charge in [-0.1, -0.05) is 61.3 Å². The van der Waals surface area contributed by atoms with Gasteiger partial charge in [-0.3, -0.25) is 0 Å². The standard InChI is InChI=1S/C43H56O6/c1-37(2)14-10-16-39(5)26(37)12-18-41(7)35(39)34-28-24(48-41)20-23(45)33-30(28)31-29-25(21-22(44)32(31)46-34)49-42(8)19-13-27-38(3,4)15-11-17-40(27,6)43(42,9)36(29)47-33/h20-21,26-27,34-36,44-45H,10-19H2,1-9H3/t26-,27-,34+,35+,36+,39-,40-,41-,42-,43+/m0/s1. The molecule has 0 saturated heterocycles. The van der Waals surface area contributed by atoms with Crippen LogP contribution < -0.4 is 18.9 Å². The van der Waals surface area contributed by atoms with Crippen molar-refractivity contribution in [3.8, 4) is 45.6 Å². The zero-order valence-corrected chi connectivity index (χ0v) is 31.1. The number of aromatic hydroxyl groups is 2. The Hall–Kier alpha value is -2.76. The Labute approximate surface area is 292 Å². The summed E-state index contributed by atoms with van der Waals surface area (Å²) < 4.78 is 29.0. The molecular formula is C43H56O6. The lowest BCUT2D eigenvalue weighted by Gasteiger charge is -2.70. The van der Waals surface area contributed by atoms with Gasteiger partial charge in [0.15, 0.2) is 23.0 Å². The van der Waals surface area contributed by atoms with Crippen molar-refractivity contribution < 1.29 is 29.2 Å². The Morgan fingerprint density at radius 1 is 0.633 bits per heavy atom. The molecule has 6 heteroatoms. The van der Waals surface area contributed by atoms with Crippen LogP contribution in [0.15, 0.2) is 12.1 Å². The molecule has 6 nitrogen and oxygen atoms in total. The molecule has 4 fully saturated rings. The second-order valence-corrected chi connectivity index (χ2v) is 20.3. The summed E-state index contributed by atoms with van der Waals surface area (Å²) in [5.74, 6) is 3.74. The van der Waals surface area contributed by atoms with Crippen molar-refractivity contribution in [2.45, 2.75) is 150 Å². The molecule has 2 aromatic carbocycles. The van der Waals surface area contributed by atoms with Gasteiger partial charge in [0.25, 0.3) is 0 Å². The maximum absolute atomic E-state index is 12.0. The smallest absolute Gasteiger partial charge is 0.170 e. The van der Waals surface area contributed by atoms with E-state index in [2.05, 4.69) is 62.3 Å². The van der Waals surface area contributed by atoms with Gasteiger partial charge in [-0.25, -0.2) is 0 Å². The fraction of sp³-hybridized carbons (Fsp3) is 0.721. The molecule has 0 unspecified atom stereocenters. The number of hydrogen-bond acceptors (Lipinski definition) is 6. The van der Waals surface area contributed by atoms with E-state index in [1.165, 1.54) is 25.7 Å². The van der Waals surface area contributed by atoms with Crippen LogP contribution in [0.5, 0.6) is 34.5 Å². The van der Waals surface area contributed by atoms with Crippen LogP contribution >= 0.6 is 0 Å². The van der Waals surface area contributed by atoms with Crippen molar-refractivity contribution in [1.29, 1.82) is 0 Å². The van der Waals surface area contributed by atoms with Gasteiger partial charge >= 0.3 is 0 Å². The average molecular weight is 669 g/mol. The van der Waals surface area contributed by atoms with Crippen LogP contribution in [0.4, 0.5) is 0 Å². The molecule has 0 aromatic heterocycles. The molecule has 2 N–H and O–H groups in total. The highest BCUT2D eigenvalue weighted by atomic mass is 16.5. The Morgan fingerprint density at radius 2 is 1.22 bits per heavy atom. The maximum Gasteiger partial charge on any atom is 0.170 e. The Bertz CT molecular complexity index is 1840. The van der Waals surface area contributed by atoms with Crippen molar-refractivity contribution in [2.24, 2.45) is 44.8 Å². The first-order valence-electron chi connectivity index (χ1n) is 19.4. The van der Waals surface area contributed by atoms with E-state index in [1.807, 2.05) is 6.07 Å². The Morgan fingerprint density at radius 3 is 1.94 bits per heavy atom. The van der Waals surface area contributed by atoms with Crippen molar-refractivity contribution >= 4 is 0 Å². The molecule has 4 aliphatic heterocycles. The van der Waals surface area contributed by atoms with Gasteiger partial charge in [-0.05, 0) is 98.7 Å². The monoisotopic (exact) mass is 668 g/mol. The minimum absolute atomic E-state index is 0.0147. The Kier molecular flexibility index (Phi) is 5.58. The first-order valence-corrected chi connectivity index (χ1v) is 19.4. The Balaban J connectivity index is 1.21. The number of ether oxygens (including phenoxy) is 4. The van der Waals surface area contributed by atoms with Crippen LogP contribution in [0.3, 0.4) is 0 Å². The summed E-state index contributed by atoms with van der Waals surface area (Å²) in [5.41, 5.74) is 2.57. The molecule has 4 heterocycles. The van der Waals surface area contributed by atoms with Gasteiger partial charge in [-0.15, -0.1) is 0 Å². The molecule has 4 aliphatic carbocycles. The topological polar surface area (TPSA) is 77.4 Å². The van der Waals surface area contributed by atoms with Gasteiger partial charge in [0.1, 0.15) is 34.9 Å². The fourth-order valence-electron chi connectivity index (χ4n) is 15.0. The van der Waals surface area contributed by atoms with Crippen LogP contribution in [0, 0.1) is 44.8 Å². The largest absolute Gasteiger partial charge is 0.504 e. The van der Waals surface area contributed by atoms with E-state index in [1.54, 1.807) is 6.07 Å². The predicted molar refractivity (Wildman–Crippen MR) is 189 cm³/mol. The van der Waals surface area contributed by atoms with Gasteiger partial charge in [-0.2, -0.15) is 0 Å². The number of fused-ring (bicyclic) bond motifs is 8. The molecule has 264 valence electrons. The second kappa shape index (κ2) is 8.81. The van der Waals surface area contributed by atoms with Crippen molar-refractivity contribution in [3.63, 3.8) is 0 Å². The van der Waals surface area contributed by atoms with E-state index < -0.39 is 16.6 Å². The molecule has 0 spiro atoms. The van der Waals surface area contributed by atoms with E-state index in [-0.39, 0.29) is 51.3 Å². The highest BCUT2D eigenvalue weighted by Gasteiger charge is 2.73. The van der Waals surface area contributed by atoms with E-state index in [0.717, 1.165) is 60.8 Å². The quantitative estimate of drug-likeness (QED) is 0.291. The van der Waals surface area contributed by atoms with E-state index >= 15 is 0 Å². The minimum atomic E-state index is -0.520. The molecule has 10 rings (SSSR count). The van der Waals surface area contributed by atoms with Crippen LogP contribution in [-0.2, 0) is 0 Å². The predicted octanol–water partition coefficient (Wildman–Crippen LogP) is 10.8. The average Bonchev–Trinajstić information content (AvgIpc) is 2.99. The number of phenolic OH excluding ortho intramolecular Hbond substituents is 2. The molecule has 4 saturated carbocycles. The van der Waals surface area contributed by atoms with Crippen molar-refractivity contribution in [2.75, 3.05) is 0 Å². The molecule has 49 heavy (non-hydrogen) atoms. The maximum atomic E-state index is 12.0. The molecule has 0 radical (unpaired) electrons. The molecule has 8 aliphatic rings. The molecule has 10 atom stereocenters. The summed E-state index contributed by atoms with van der Waals surface area (Å²) in [6.45, 7) is 21.7. The number of phenols is 2. The third kappa shape index (κ3) is 3.34. The summed E-state index contributed by atoms with van der Waals surface area (Å²) in [6.07, 6.45) is 10.4. The SMILES string of the molecule is CC1(C)CCC[C@]2(C)[C@H]3[C@@H]4Oc5c(O)cc6c7c5-c5c(c(O)cc(c54)O[C@@]3(C)CC[C@@H]12)O[C@H]7[C@]1(C)[C@@]2(C)CCCC(C)(C)[C@@H]2CC[C@]1(C)O6. The van der Waals surface area contributed by atoms with E-state index in [4.69, 9.17) is 18.9 Å². The third-order valence-corrected chi connectivity index (χ3v) is 17.3. The first kappa shape index (κ1) is 31.0. The molecular weight excluding hydrogens is 612 g/mol. The summed E-state index contributed by atoms with van der Waals surface area (Å²) in [5, 5.41) is 23.9. The minimum Gasteiger partial charge on any atom is -0.504 e. The lowest BCUT2D eigenvalue weighted by molar-refractivity contribution is -0.257. The highest BCUT2D eigenvalue weighted by molar-refractivity contribution is 5.92. The zero-order valence-electron chi connectivity index (χ0n) is 31.1. The third-order valence-electron chi connectivity index (χ3n) is 17.3. The van der Waals surface area contributed by atoms with Crippen LogP contribution in [-0.4, -0.2) is 21.4 Å². The van der Waals surface area contributed by atoms with Crippen LogP contribution in [0.2, 0.25) is 0 Å². The van der Waals surface area contributed by atoms with Crippen molar-refractivity contribution in [3.05, 3.63) is 23.3 Å². The van der Waals surface area contributed by atoms with E-state index in [9.17, 15) is 10.2 Å². The number of rotatable bonds is 0. The second-order valence-electron chi connectivity index (χ2n) is 20.3. The van der Waals surface area contributed by atoms with Gasteiger partial charge < -0.3 is 29.2 Å². The van der Waals surface area contributed by atoms with E-state index in [0.29, 0.717) is 34.8 Å². The molecule has 0 bridgehead atoms. The summed E-state index contributed by atoms with van der Waals surface area (Å²) in [4.78, 5) is 0. The molecule has 0 amide bonds. The summed E-state index contributed by atoms with van der Waals surface area (Å²) >= 11 is 0. The molecule has 2 aromatic rings. The number of benzene rings is 2. The van der Waals surface area contributed by atoms with Gasteiger partial charge in [0.2, 0.25) is 0 Å². The fourth-order valence-corrected chi connectivity index (χ4v) is 15.0. The van der Waals surface area contributed by atoms with Gasteiger partial charge in [0.05, 0.1) is 5.41 Å². The highest BCUT2D eigenvalue weighted by Crippen LogP contribution is 2.78. The number of hydrogen-bond donors (Lipinski definition) is 2. The van der Waals surface area contributed by atoms with Crippen molar-refractivity contribution in [1.82, 2.24) is 0 Å². The summed E-state index contributed by atoms with van der Waals surface area (Å²) in [6, 6.07) is 3.61. The lowest BCUT2D eigenvalue weighted by atomic mass is 9.38. The van der Waals surface area contributed by atoms with Gasteiger partial charge in [0, 0.05) is 40.3 Å². The van der Waals surface area contributed by atoms with Crippen LogP contribution in [0.25, 0.3) is 11.1 Å². The summed E-state index contributed by atoms with van der Waals surface area (Å²) in [7, 11) is 0.